The van der Waals surface area contributed by atoms with Gasteiger partial charge in [0, 0.05) is 19.0 Å². The molecule has 0 radical (unpaired) electrons. The Kier molecular flexibility index (Phi) is 33.3. The van der Waals surface area contributed by atoms with Crippen molar-refractivity contribution >= 4 is 5.97 Å². The Bertz CT molecular complexity index is 579. The molecular formula is C40H81NO3. The molecule has 4 heteroatoms. The number of carbonyl (C=O) groups excluding carboxylic acids is 1. The van der Waals surface area contributed by atoms with Crippen molar-refractivity contribution in [3.8, 4) is 0 Å². The summed E-state index contributed by atoms with van der Waals surface area (Å²) in [4.78, 5) is 10.9. The van der Waals surface area contributed by atoms with Gasteiger partial charge in [-0.1, -0.05) is 187 Å². The van der Waals surface area contributed by atoms with E-state index in [1.165, 1.54) is 180 Å². The van der Waals surface area contributed by atoms with Gasteiger partial charge in [0.15, 0.2) is 0 Å². The zero-order valence-corrected chi connectivity index (χ0v) is 30.8. The molecule has 0 bridgehead atoms. The lowest BCUT2D eigenvalue weighted by Gasteiger charge is -2.33. The predicted molar refractivity (Wildman–Crippen MR) is 191 cm³/mol. The highest BCUT2D eigenvalue weighted by atomic mass is 16.5. The molecule has 0 amide bonds. The van der Waals surface area contributed by atoms with E-state index in [2.05, 4.69) is 27.9 Å². The SMILES string of the molecule is CCCCCCCCCCCCCCCCOC(CCCCCCCCCCCCCCCC)C[N+](C)(C)CCCC(=O)[O-]. The maximum Gasteiger partial charge on any atom is 0.106 e. The molecule has 1 atom stereocenters. The third kappa shape index (κ3) is 34.3. The van der Waals surface area contributed by atoms with Crippen LogP contribution in [-0.2, 0) is 9.53 Å². The summed E-state index contributed by atoms with van der Waals surface area (Å²) in [5.41, 5.74) is 0. The van der Waals surface area contributed by atoms with Crippen molar-refractivity contribution in [2.45, 2.75) is 219 Å². The highest BCUT2D eigenvalue weighted by Gasteiger charge is 2.22. The zero-order valence-electron chi connectivity index (χ0n) is 30.8. The molecule has 0 fully saturated rings. The summed E-state index contributed by atoms with van der Waals surface area (Å²) in [6.07, 6.45) is 41.1. The minimum atomic E-state index is -0.932. The van der Waals surface area contributed by atoms with Crippen LogP contribution in [0.2, 0.25) is 0 Å². The molecule has 0 N–H and O–H groups in total. The summed E-state index contributed by atoms with van der Waals surface area (Å²) >= 11 is 0. The number of hydrogen-bond acceptors (Lipinski definition) is 3. The highest BCUT2D eigenvalue weighted by molar-refractivity contribution is 5.64. The van der Waals surface area contributed by atoms with Gasteiger partial charge in [-0.2, -0.15) is 0 Å². The first-order valence-electron chi connectivity index (χ1n) is 20.0. The number of ether oxygens (including phenoxy) is 1. The van der Waals surface area contributed by atoms with Crippen LogP contribution in [0.25, 0.3) is 0 Å². The lowest BCUT2D eigenvalue weighted by Crippen LogP contribution is -2.47. The topological polar surface area (TPSA) is 49.4 Å². The van der Waals surface area contributed by atoms with E-state index in [4.69, 9.17) is 4.74 Å². The molecule has 0 aromatic heterocycles. The Morgan fingerprint density at radius 1 is 0.523 bits per heavy atom. The lowest BCUT2D eigenvalue weighted by atomic mass is 10.0. The Balaban J connectivity index is 4.01. The molecule has 0 aromatic rings. The standard InChI is InChI=1S/C40H81NO3/c1-5-7-9-11-13-15-17-19-21-23-25-27-29-31-34-39(38-41(3,4)36-33-35-40(42)43)44-37-32-30-28-26-24-22-20-18-16-14-12-10-8-6-2/h39H,5-38H2,1-4H3. The Labute approximate surface area is 277 Å². The van der Waals surface area contributed by atoms with Crippen LogP contribution in [0.1, 0.15) is 213 Å². The van der Waals surface area contributed by atoms with Gasteiger partial charge < -0.3 is 19.1 Å². The van der Waals surface area contributed by atoms with Crippen LogP contribution in [0.3, 0.4) is 0 Å². The van der Waals surface area contributed by atoms with Gasteiger partial charge in [-0.15, -0.1) is 0 Å². The van der Waals surface area contributed by atoms with Crippen molar-refractivity contribution in [2.24, 2.45) is 0 Å². The van der Waals surface area contributed by atoms with Crippen LogP contribution in [0.15, 0.2) is 0 Å². The Morgan fingerprint density at radius 2 is 0.864 bits per heavy atom. The average molecular weight is 624 g/mol. The second kappa shape index (κ2) is 33.7. The van der Waals surface area contributed by atoms with E-state index >= 15 is 0 Å². The first-order valence-corrected chi connectivity index (χ1v) is 20.0. The van der Waals surface area contributed by atoms with Crippen LogP contribution in [0, 0.1) is 0 Å². The lowest BCUT2D eigenvalue weighted by molar-refractivity contribution is -0.893. The Morgan fingerprint density at radius 3 is 1.23 bits per heavy atom. The average Bonchev–Trinajstić information content (AvgIpc) is 2.98. The molecule has 0 saturated carbocycles. The molecule has 0 rings (SSSR count). The van der Waals surface area contributed by atoms with E-state index in [0.29, 0.717) is 6.42 Å². The van der Waals surface area contributed by atoms with Gasteiger partial charge in [0.05, 0.1) is 20.6 Å². The fourth-order valence-corrected chi connectivity index (χ4v) is 6.63. The van der Waals surface area contributed by atoms with Gasteiger partial charge >= 0.3 is 0 Å². The number of rotatable bonds is 37. The summed E-state index contributed by atoms with van der Waals surface area (Å²) in [6, 6.07) is 0. The molecule has 264 valence electrons. The summed E-state index contributed by atoms with van der Waals surface area (Å²) in [6.45, 7) is 7.30. The number of nitrogens with zero attached hydrogens (tertiary/aromatic N) is 1. The number of carbonyl (C=O) groups is 1. The molecule has 1 unspecified atom stereocenters. The summed E-state index contributed by atoms with van der Waals surface area (Å²) < 4.78 is 7.31. The number of carboxylic acids is 1. The van der Waals surface area contributed by atoms with E-state index in [0.717, 1.165) is 30.6 Å². The quantitative estimate of drug-likeness (QED) is 0.0511. The first kappa shape index (κ1) is 43.4. The van der Waals surface area contributed by atoms with E-state index in [-0.39, 0.29) is 12.5 Å². The molecule has 0 aliphatic heterocycles. The fraction of sp³-hybridized carbons (Fsp3) is 0.975. The number of likely N-dealkylation sites (N-methyl/N-ethyl adjacent to an activating group) is 1. The third-order valence-corrected chi connectivity index (χ3v) is 9.57. The van der Waals surface area contributed by atoms with Gasteiger partial charge in [-0.3, -0.25) is 0 Å². The normalized spacial score (nSPS) is 12.6. The summed E-state index contributed by atoms with van der Waals surface area (Å²) in [5, 5.41) is 10.9. The molecule has 0 spiro atoms. The Hall–Kier alpha value is -0.610. The van der Waals surface area contributed by atoms with Crippen molar-refractivity contribution in [1.82, 2.24) is 0 Å². The van der Waals surface area contributed by atoms with Crippen LogP contribution < -0.4 is 5.11 Å². The maximum absolute atomic E-state index is 10.9. The van der Waals surface area contributed by atoms with Crippen molar-refractivity contribution in [1.29, 1.82) is 0 Å². The van der Waals surface area contributed by atoms with Crippen molar-refractivity contribution in [2.75, 3.05) is 33.8 Å². The number of unbranched alkanes of at least 4 members (excludes halogenated alkanes) is 26. The molecule has 0 heterocycles. The molecule has 4 nitrogen and oxygen atoms in total. The predicted octanol–water partition coefficient (Wildman–Crippen LogP) is 11.3. The highest BCUT2D eigenvalue weighted by Crippen LogP contribution is 2.17. The fourth-order valence-electron chi connectivity index (χ4n) is 6.63. The molecule has 0 saturated heterocycles. The molecule has 0 aliphatic carbocycles. The van der Waals surface area contributed by atoms with Crippen molar-refractivity contribution < 1.29 is 19.1 Å². The van der Waals surface area contributed by atoms with Gasteiger partial charge in [-0.05, 0) is 19.3 Å². The third-order valence-electron chi connectivity index (χ3n) is 9.57. The van der Waals surface area contributed by atoms with Gasteiger partial charge in [-0.25, -0.2) is 0 Å². The van der Waals surface area contributed by atoms with Gasteiger partial charge in [0.2, 0.25) is 0 Å². The molecule has 0 aromatic carbocycles. The van der Waals surface area contributed by atoms with E-state index < -0.39 is 5.97 Å². The summed E-state index contributed by atoms with van der Waals surface area (Å²) in [7, 11) is 4.45. The zero-order chi connectivity index (χ0) is 32.4. The summed E-state index contributed by atoms with van der Waals surface area (Å²) in [5.74, 6) is -0.932. The van der Waals surface area contributed by atoms with E-state index in [1.807, 2.05) is 0 Å². The minimum absolute atomic E-state index is 0.158. The monoisotopic (exact) mass is 624 g/mol. The smallest absolute Gasteiger partial charge is 0.106 e. The van der Waals surface area contributed by atoms with E-state index in [1.54, 1.807) is 0 Å². The van der Waals surface area contributed by atoms with Crippen LogP contribution in [0.4, 0.5) is 0 Å². The number of hydrogen-bond donors (Lipinski definition) is 0. The second-order valence-electron chi connectivity index (χ2n) is 14.8. The first-order chi connectivity index (χ1) is 21.4. The van der Waals surface area contributed by atoms with Gasteiger partial charge in [0.1, 0.15) is 12.6 Å². The number of quaternary nitrogens is 1. The van der Waals surface area contributed by atoms with Crippen LogP contribution in [0.5, 0.6) is 0 Å². The van der Waals surface area contributed by atoms with Gasteiger partial charge in [0.25, 0.3) is 0 Å². The van der Waals surface area contributed by atoms with Crippen LogP contribution >= 0.6 is 0 Å². The number of aliphatic carboxylic acids is 1. The minimum Gasteiger partial charge on any atom is -0.550 e. The van der Waals surface area contributed by atoms with Crippen molar-refractivity contribution in [3.63, 3.8) is 0 Å². The van der Waals surface area contributed by atoms with Crippen molar-refractivity contribution in [3.05, 3.63) is 0 Å². The molecule has 44 heavy (non-hydrogen) atoms. The molecular weight excluding hydrogens is 542 g/mol. The van der Waals surface area contributed by atoms with E-state index in [9.17, 15) is 9.90 Å². The van der Waals surface area contributed by atoms with Crippen LogP contribution in [-0.4, -0.2) is 50.3 Å². The maximum atomic E-state index is 10.9. The largest absolute Gasteiger partial charge is 0.550 e. The molecule has 0 aliphatic rings. The second-order valence-corrected chi connectivity index (χ2v) is 14.8. The number of carboxylic acid groups (broad SMARTS) is 1.